The van der Waals surface area contributed by atoms with Gasteiger partial charge in [-0.05, 0) is 24.6 Å². The minimum Gasteiger partial charge on any atom is -0.336 e. The van der Waals surface area contributed by atoms with E-state index in [0.717, 1.165) is 0 Å². The number of urea groups is 1. The van der Waals surface area contributed by atoms with Crippen LogP contribution < -0.4 is 5.32 Å². The van der Waals surface area contributed by atoms with Crippen molar-refractivity contribution in [2.75, 3.05) is 19.6 Å². The Labute approximate surface area is 120 Å². The Kier molecular flexibility index (Phi) is 3.32. The molecule has 2 fully saturated rings. The number of nitrogens with zero attached hydrogens (tertiary/aromatic N) is 2. The molecule has 2 aliphatic heterocycles. The van der Waals surface area contributed by atoms with Crippen molar-refractivity contribution in [1.82, 2.24) is 15.1 Å². The summed E-state index contributed by atoms with van der Waals surface area (Å²) in [5.74, 6) is -1.03. The summed E-state index contributed by atoms with van der Waals surface area (Å²) in [5, 5.41) is 2.46. The smallest absolute Gasteiger partial charge is 0.324 e. The number of carbonyl (C=O) groups is 3. The van der Waals surface area contributed by atoms with Crippen molar-refractivity contribution in [3.63, 3.8) is 0 Å². The van der Waals surface area contributed by atoms with Crippen LogP contribution in [0, 0.1) is 5.82 Å². The van der Waals surface area contributed by atoms with Crippen LogP contribution in [-0.2, 0) is 4.79 Å². The van der Waals surface area contributed by atoms with Crippen LogP contribution in [-0.4, -0.2) is 53.3 Å². The average Bonchev–Trinajstić information content (AvgIpc) is 3.05. The highest BCUT2D eigenvalue weighted by Crippen LogP contribution is 2.20. The molecule has 2 aliphatic rings. The van der Waals surface area contributed by atoms with Crippen LogP contribution in [0.15, 0.2) is 24.3 Å². The summed E-state index contributed by atoms with van der Waals surface area (Å²) in [7, 11) is 0. The second-order valence-corrected chi connectivity index (χ2v) is 5.13. The molecule has 0 aromatic heterocycles. The van der Waals surface area contributed by atoms with Gasteiger partial charge in [-0.3, -0.25) is 14.5 Å². The van der Waals surface area contributed by atoms with Gasteiger partial charge >= 0.3 is 6.03 Å². The van der Waals surface area contributed by atoms with Gasteiger partial charge in [0.05, 0.1) is 12.6 Å². The van der Waals surface area contributed by atoms with Crippen LogP contribution in [0.25, 0.3) is 0 Å². The molecule has 110 valence electrons. The number of halogens is 1. The lowest BCUT2D eigenvalue weighted by Crippen LogP contribution is -2.42. The number of rotatable bonds is 2. The quantitative estimate of drug-likeness (QED) is 0.811. The van der Waals surface area contributed by atoms with E-state index in [4.69, 9.17) is 0 Å². The van der Waals surface area contributed by atoms with Crippen LogP contribution in [0.3, 0.4) is 0 Å². The van der Waals surface area contributed by atoms with Crippen molar-refractivity contribution < 1.29 is 18.8 Å². The predicted octanol–water partition coefficient (Wildman–Crippen LogP) is 0.592. The van der Waals surface area contributed by atoms with Crippen molar-refractivity contribution in [2.24, 2.45) is 0 Å². The van der Waals surface area contributed by atoms with Gasteiger partial charge in [-0.25, -0.2) is 9.18 Å². The topological polar surface area (TPSA) is 69.7 Å². The highest BCUT2D eigenvalue weighted by molar-refractivity contribution is 6.02. The van der Waals surface area contributed by atoms with Crippen molar-refractivity contribution in [3.05, 3.63) is 35.6 Å². The Hall–Kier alpha value is -2.44. The van der Waals surface area contributed by atoms with Crippen LogP contribution in [0.4, 0.5) is 9.18 Å². The van der Waals surface area contributed by atoms with Gasteiger partial charge in [0.1, 0.15) is 5.82 Å². The first-order valence-electron chi connectivity index (χ1n) is 6.71. The maximum atomic E-state index is 13.2. The second kappa shape index (κ2) is 5.16. The number of amides is 4. The van der Waals surface area contributed by atoms with Crippen molar-refractivity contribution in [2.45, 2.75) is 12.5 Å². The molecule has 4 amide bonds. The molecule has 3 rings (SSSR count). The average molecular weight is 291 g/mol. The first-order valence-corrected chi connectivity index (χ1v) is 6.71. The number of imide groups is 1. The summed E-state index contributed by atoms with van der Waals surface area (Å²) in [6.07, 6.45) is 0.542. The third kappa shape index (κ3) is 2.46. The zero-order valence-corrected chi connectivity index (χ0v) is 11.2. The van der Waals surface area contributed by atoms with E-state index in [2.05, 4.69) is 5.32 Å². The van der Waals surface area contributed by atoms with Crippen molar-refractivity contribution in [1.29, 1.82) is 0 Å². The minimum atomic E-state index is -0.467. The van der Waals surface area contributed by atoms with E-state index in [-0.39, 0.29) is 36.5 Å². The molecule has 21 heavy (non-hydrogen) atoms. The van der Waals surface area contributed by atoms with E-state index < -0.39 is 11.8 Å². The third-order valence-electron chi connectivity index (χ3n) is 3.77. The molecular formula is C14H14FN3O3. The van der Waals surface area contributed by atoms with E-state index in [9.17, 15) is 18.8 Å². The van der Waals surface area contributed by atoms with E-state index in [1.807, 2.05) is 0 Å². The molecule has 1 aromatic carbocycles. The molecule has 0 saturated carbocycles. The minimum absolute atomic E-state index is 0.00712. The van der Waals surface area contributed by atoms with Crippen LogP contribution in [0.5, 0.6) is 0 Å². The number of hydrogen-bond acceptors (Lipinski definition) is 3. The first-order chi connectivity index (χ1) is 10.1. The summed E-state index contributed by atoms with van der Waals surface area (Å²) >= 11 is 0. The molecule has 2 saturated heterocycles. The fraction of sp³-hybridized carbons (Fsp3) is 0.357. The summed E-state index contributed by atoms with van der Waals surface area (Å²) in [6, 6.07) is 4.77. The number of hydrogen-bond donors (Lipinski definition) is 1. The second-order valence-electron chi connectivity index (χ2n) is 5.13. The Morgan fingerprint density at radius 2 is 2.14 bits per heavy atom. The van der Waals surface area contributed by atoms with Gasteiger partial charge in [-0.2, -0.15) is 0 Å². The molecule has 1 N–H and O–H groups in total. The van der Waals surface area contributed by atoms with E-state index in [0.29, 0.717) is 13.0 Å². The molecular weight excluding hydrogens is 277 g/mol. The maximum Gasteiger partial charge on any atom is 0.324 e. The Morgan fingerprint density at radius 3 is 2.81 bits per heavy atom. The summed E-state index contributed by atoms with van der Waals surface area (Å²) in [6.45, 7) is 0.735. The van der Waals surface area contributed by atoms with E-state index in [1.54, 1.807) is 11.0 Å². The number of likely N-dealkylation sites (tertiary alicyclic amines) is 1. The predicted molar refractivity (Wildman–Crippen MR) is 71.0 cm³/mol. The molecule has 1 atom stereocenters. The molecule has 0 aliphatic carbocycles. The van der Waals surface area contributed by atoms with Gasteiger partial charge in [0.25, 0.3) is 5.91 Å². The molecule has 1 unspecified atom stereocenters. The molecule has 2 heterocycles. The van der Waals surface area contributed by atoms with Crippen LogP contribution in [0.1, 0.15) is 16.8 Å². The molecule has 0 spiro atoms. The number of nitrogens with one attached hydrogen (secondary N) is 1. The largest absolute Gasteiger partial charge is 0.336 e. The van der Waals surface area contributed by atoms with Gasteiger partial charge < -0.3 is 10.2 Å². The highest BCUT2D eigenvalue weighted by atomic mass is 19.1. The molecule has 0 bridgehead atoms. The summed E-state index contributed by atoms with van der Waals surface area (Å²) in [5.41, 5.74) is 0.271. The maximum absolute atomic E-state index is 13.2. The van der Waals surface area contributed by atoms with E-state index in [1.165, 1.54) is 23.1 Å². The standard InChI is InChI=1S/C14H14FN3O3/c15-10-3-1-2-9(6-10)13(20)17-5-4-11(8-17)18-12(19)7-16-14(18)21/h1-3,6,11H,4-5,7-8H2,(H,16,21). The molecule has 6 nitrogen and oxygen atoms in total. The van der Waals surface area contributed by atoms with Crippen LogP contribution >= 0.6 is 0 Å². The molecule has 1 aromatic rings. The lowest BCUT2D eigenvalue weighted by atomic mass is 10.2. The van der Waals surface area contributed by atoms with E-state index >= 15 is 0 Å². The molecule has 7 heteroatoms. The number of carbonyl (C=O) groups excluding carboxylic acids is 3. The van der Waals surface area contributed by atoms with Gasteiger partial charge in [-0.15, -0.1) is 0 Å². The first kappa shape index (κ1) is 13.5. The Balaban J connectivity index is 1.71. The normalized spacial score (nSPS) is 21.9. The Bertz CT molecular complexity index is 603. The zero-order valence-electron chi connectivity index (χ0n) is 11.2. The third-order valence-corrected chi connectivity index (χ3v) is 3.77. The number of benzene rings is 1. The van der Waals surface area contributed by atoms with Gasteiger partial charge in [-0.1, -0.05) is 6.07 Å². The monoisotopic (exact) mass is 291 g/mol. The van der Waals surface area contributed by atoms with Crippen molar-refractivity contribution >= 4 is 17.8 Å². The lowest BCUT2D eigenvalue weighted by Gasteiger charge is -2.21. The SMILES string of the molecule is O=C(c1cccc(F)c1)N1CCC(N2C(=O)CNC2=O)C1. The zero-order chi connectivity index (χ0) is 15.0. The fourth-order valence-electron chi connectivity index (χ4n) is 2.75. The summed E-state index contributed by atoms with van der Waals surface area (Å²) < 4.78 is 13.2. The Morgan fingerprint density at radius 1 is 1.33 bits per heavy atom. The van der Waals surface area contributed by atoms with Crippen LogP contribution in [0.2, 0.25) is 0 Å². The van der Waals surface area contributed by atoms with Crippen molar-refractivity contribution in [3.8, 4) is 0 Å². The van der Waals surface area contributed by atoms with Gasteiger partial charge in [0.15, 0.2) is 0 Å². The lowest BCUT2D eigenvalue weighted by molar-refractivity contribution is -0.126. The molecule has 0 radical (unpaired) electrons. The summed E-state index contributed by atoms with van der Waals surface area (Å²) in [4.78, 5) is 38.3. The van der Waals surface area contributed by atoms with Gasteiger partial charge in [0.2, 0.25) is 5.91 Å². The highest BCUT2D eigenvalue weighted by Gasteiger charge is 2.39. The van der Waals surface area contributed by atoms with Gasteiger partial charge in [0, 0.05) is 18.7 Å². The fourth-order valence-corrected chi connectivity index (χ4v) is 2.75.